The molecule has 2 N–H and O–H groups in total. The molecule has 2 heterocycles. The monoisotopic (exact) mass is 359 g/mol. The highest BCUT2D eigenvalue weighted by molar-refractivity contribution is 5.85. The van der Waals surface area contributed by atoms with Crippen LogP contribution in [0.15, 0.2) is 73.2 Å². The Morgan fingerprint density at radius 3 is 2.22 bits per heavy atom. The number of rotatable bonds is 6. The molecular weight excluding hydrogens is 342 g/mol. The Kier molecular flexibility index (Phi) is 4.49. The number of carbonyl (C=O) groups is 1. The number of imidazole rings is 1. The molecule has 2 aromatic carbocycles. The van der Waals surface area contributed by atoms with Gasteiger partial charge in [-0.05, 0) is 11.1 Å². The van der Waals surface area contributed by atoms with Crippen LogP contribution < -0.4 is 5.43 Å². The van der Waals surface area contributed by atoms with Gasteiger partial charge in [0.25, 0.3) is 0 Å². The second-order valence-electron chi connectivity index (χ2n) is 6.06. The first-order chi connectivity index (χ1) is 13.2. The molecule has 0 aliphatic carbocycles. The minimum absolute atomic E-state index is 0.116. The summed E-state index contributed by atoms with van der Waals surface area (Å²) in [6.45, 7) is 0.589. The fourth-order valence-corrected chi connectivity index (χ4v) is 3.02. The second-order valence-corrected chi connectivity index (χ2v) is 6.06. The zero-order valence-corrected chi connectivity index (χ0v) is 14.4. The van der Waals surface area contributed by atoms with Crippen molar-refractivity contribution in [3.63, 3.8) is 0 Å². The lowest BCUT2D eigenvalue weighted by atomic mass is 9.91. The van der Waals surface area contributed by atoms with Crippen LogP contribution in [-0.4, -0.2) is 37.2 Å². The number of aromatic nitrogens is 4. The van der Waals surface area contributed by atoms with Gasteiger partial charge in [0, 0.05) is 12.5 Å². The van der Waals surface area contributed by atoms with E-state index in [-0.39, 0.29) is 11.7 Å². The molecule has 0 aliphatic heterocycles. The molecule has 2 aromatic heterocycles. The number of carboxylic acids is 1. The number of benzene rings is 2. The second kappa shape index (κ2) is 7.25. The Morgan fingerprint density at radius 1 is 1.00 bits per heavy atom. The van der Waals surface area contributed by atoms with E-state index in [0.717, 1.165) is 0 Å². The maximum absolute atomic E-state index is 11.1. The quantitative estimate of drug-likeness (QED) is 0.550. The Hall–Kier alpha value is -3.74. The average Bonchev–Trinajstić information content (AvgIpc) is 3.12. The fraction of sp³-hybridized carbons (Fsp3) is 0.100. The lowest BCUT2D eigenvalue weighted by Gasteiger charge is -2.19. The summed E-state index contributed by atoms with van der Waals surface area (Å²) in [7, 11) is 0. The van der Waals surface area contributed by atoms with E-state index in [4.69, 9.17) is 5.11 Å². The molecule has 4 aromatic rings. The van der Waals surface area contributed by atoms with E-state index >= 15 is 0 Å². The van der Waals surface area contributed by atoms with E-state index in [0.29, 0.717) is 17.7 Å². The molecule has 0 bridgehead atoms. The van der Waals surface area contributed by atoms with E-state index in [2.05, 4.69) is 44.6 Å². The first-order valence-corrected chi connectivity index (χ1v) is 8.49. The maximum atomic E-state index is 11.1. The van der Waals surface area contributed by atoms with Gasteiger partial charge in [-0.2, -0.15) is 0 Å². The highest BCUT2D eigenvalue weighted by atomic mass is 16.4. The van der Waals surface area contributed by atoms with E-state index < -0.39 is 5.97 Å². The summed E-state index contributed by atoms with van der Waals surface area (Å²) >= 11 is 0. The summed E-state index contributed by atoms with van der Waals surface area (Å²) in [6.07, 6.45) is 2.99. The summed E-state index contributed by atoms with van der Waals surface area (Å²) < 4.78 is 1.64. The maximum Gasteiger partial charge on any atom is 0.374 e. The highest BCUT2D eigenvalue weighted by Crippen LogP contribution is 2.24. The number of hydrogen-bond acceptors (Lipinski definition) is 5. The molecule has 0 fully saturated rings. The molecule has 27 heavy (non-hydrogen) atoms. The van der Waals surface area contributed by atoms with Crippen LogP contribution in [0.4, 0.5) is 0 Å². The van der Waals surface area contributed by atoms with Gasteiger partial charge in [0.1, 0.15) is 11.8 Å². The molecule has 7 nitrogen and oxygen atoms in total. The third-order valence-corrected chi connectivity index (χ3v) is 4.35. The van der Waals surface area contributed by atoms with Gasteiger partial charge in [-0.1, -0.05) is 60.7 Å². The van der Waals surface area contributed by atoms with Crippen LogP contribution in [0.2, 0.25) is 0 Å². The van der Waals surface area contributed by atoms with Crippen molar-refractivity contribution in [2.45, 2.75) is 5.92 Å². The predicted octanol–water partition coefficient (Wildman–Crippen LogP) is 2.90. The summed E-state index contributed by atoms with van der Waals surface area (Å²) in [4.78, 5) is 23.2. The first-order valence-electron chi connectivity index (χ1n) is 8.49. The van der Waals surface area contributed by atoms with Crippen molar-refractivity contribution in [3.8, 4) is 0 Å². The van der Waals surface area contributed by atoms with Gasteiger partial charge in [-0.25, -0.2) is 24.4 Å². The Bertz CT molecular complexity index is 1020. The van der Waals surface area contributed by atoms with Crippen LogP contribution in [0, 0.1) is 0 Å². The smallest absolute Gasteiger partial charge is 0.374 e. The molecule has 0 amide bonds. The topological polar surface area (TPSA) is 92.9 Å². The molecule has 0 unspecified atom stereocenters. The molecule has 0 saturated carbocycles. The summed E-state index contributed by atoms with van der Waals surface area (Å²) in [5.74, 6) is -1.31. The molecule has 4 rings (SSSR count). The van der Waals surface area contributed by atoms with Crippen LogP contribution in [0.3, 0.4) is 0 Å². The van der Waals surface area contributed by atoms with E-state index in [9.17, 15) is 4.79 Å². The highest BCUT2D eigenvalue weighted by Gasteiger charge is 2.16. The van der Waals surface area contributed by atoms with Crippen LogP contribution in [0.5, 0.6) is 0 Å². The average molecular weight is 359 g/mol. The minimum Gasteiger partial charge on any atom is -0.475 e. The van der Waals surface area contributed by atoms with E-state index in [1.165, 1.54) is 17.3 Å². The number of nitrogens with one attached hydrogen (secondary N) is 1. The molecule has 7 heteroatoms. The fourth-order valence-electron chi connectivity index (χ4n) is 3.02. The van der Waals surface area contributed by atoms with Crippen molar-refractivity contribution in [3.05, 3.63) is 90.1 Å². The standard InChI is InChI=1S/C20H17N5O2/c26-20(27)18-21-12-17-19(24-18)25(13-22-17)23-11-16(14-7-3-1-4-8-14)15-9-5-2-6-10-15/h1-10,12-13,16,23H,11H2,(H,26,27). The summed E-state index contributed by atoms with van der Waals surface area (Å²) in [5, 5.41) is 9.11. The van der Waals surface area contributed by atoms with Crippen molar-refractivity contribution in [1.29, 1.82) is 0 Å². The third kappa shape index (κ3) is 3.48. The van der Waals surface area contributed by atoms with Gasteiger partial charge in [0.2, 0.25) is 5.82 Å². The van der Waals surface area contributed by atoms with E-state index in [1.807, 2.05) is 36.4 Å². The van der Waals surface area contributed by atoms with Crippen LogP contribution >= 0.6 is 0 Å². The lowest BCUT2D eigenvalue weighted by molar-refractivity contribution is 0.0684. The zero-order chi connectivity index (χ0) is 18.6. The van der Waals surface area contributed by atoms with Gasteiger partial charge >= 0.3 is 5.97 Å². The predicted molar refractivity (Wildman–Crippen MR) is 101 cm³/mol. The van der Waals surface area contributed by atoms with Gasteiger partial charge in [-0.15, -0.1) is 0 Å². The number of carboxylic acid groups (broad SMARTS) is 1. The number of fused-ring (bicyclic) bond motifs is 1. The Labute approximate surface area is 155 Å². The zero-order valence-electron chi connectivity index (χ0n) is 14.4. The first kappa shape index (κ1) is 16.7. The molecular formula is C20H17N5O2. The normalized spacial score (nSPS) is 11.0. The molecule has 0 aliphatic rings. The van der Waals surface area contributed by atoms with Gasteiger partial charge in [0.15, 0.2) is 5.65 Å². The van der Waals surface area contributed by atoms with Crippen molar-refractivity contribution < 1.29 is 9.90 Å². The molecule has 0 radical (unpaired) electrons. The van der Waals surface area contributed by atoms with Crippen LogP contribution in [0.1, 0.15) is 27.7 Å². The van der Waals surface area contributed by atoms with Gasteiger partial charge in [-0.3, -0.25) is 0 Å². The number of aromatic carboxylic acids is 1. The van der Waals surface area contributed by atoms with Crippen molar-refractivity contribution in [1.82, 2.24) is 19.6 Å². The van der Waals surface area contributed by atoms with Crippen LogP contribution in [-0.2, 0) is 0 Å². The number of hydrogen-bond donors (Lipinski definition) is 2. The Balaban J connectivity index is 1.64. The van der Waals surface area contributed by atoms with Crippen molar-refractivity contribution >= 4 is 17.1 Å². The molecule has 0 spiro atoms. The lowest BCUT2D eigenvalue weighted by Crippen LogP contribution is -2.22. The SMILES string of the molecule is O=C(O)c1ncc2ncn(NCC(c3ccccc3)c3ccccc3)c2n1. The Morgan fingerprint density at radius 2 is 1.63 bits per heavy atom. The molecule has 134 valence electrons. The van der Waals surface area contributed by atoms with E-state index in [1.54, 1.807) is 11.0 Å². The van der Waals surface area contributed by atoms with Gasteiger partial charge in [0.05, 0.1) is 6.20 Å². The van der Waals surface area contributed by atoms with Crippen molar-refractivity contribution in [2.75, 3.05) is 12.0 Å². The largest absolute Gasteiger partial charge is 0.475 e. The summed E-state index contributed by atoms with van der Waals surface area (Å²) in [6, 6.07) is 20.4. The van der Waals surface area contributed by atoms with Gasteiger partial charge < -0.3 is 10.5 Å². The summed E-state index contributed by atoms with van der Waals surface area (Å²) in [5.41, 5.74) is 6.63. The minimum atomic E-state index is -1.17. The number of nitrogens with zero attached hydrogens (tertiary/aromatic N) is 4. The van der Waals surface area contributed by atoms with Crippen LogP contribution in [0.25, 0.3) is 11.2 Å². The van der Waals surface area contributed by atoms with Crippen molar-refractivity contribution in [2.24, 2.45) is 0 Å². The molecule has 0 atom stereocenters. The molecule has 0 saturated heterocycles. The third-order valence-electron chi connectivity index (χ3n) is 4.35.